The molecule has 5 aromatic carbocycles. The fourth-order valence-electron chi connectivity index (χ4n) is 4.07. The predicted octanol–water partition coefficient (Wildman–Crippen LogP) is 6.78. The van der Waals surface area contributed by atoms with E-state index in [0.29, 0.717) is 16.3 Å². The summed E-state index contributed by atoms with van der Waals surface area (Å²) in [4.78, 5) is 25.6. The molecule has 0 fully saturated rings. The number of esters is 1. The van der Waals surface area contributed by atoms with Gasteiger partial charge in [0.25, 0.3) is 5.91 Å². The number of fused-ring (bicyclic) bond motifs is 2. The molecule has 0 radical (unpaired) electrons. The van der Waals surface area contributed by atoms with Crippen molar-refractivity contribution < 1.29 is 19.1 Å². The summed E-state index contributed by atoms with van der Waals surface area (Å²) in [6, 6.07) is 31.3. The van der Waals surface area contributed by atoms with E-state index in [2.05, 4.69) is 10.5 Å². The van der Waals surface area contributed by atoms with Crippen molar-refractivity contribution in [3.8, 4) is 11.5 Å². The molecule has 0 spiro atoms. The van der Waals surface area contributed by atoms with Gasteiger partial charge in [-0.05, 0) is 47.3 Å². The van der Waals surface area contributed by atoms with Gasteiger partial charge in [-0.1, -0.05) is 90.5 Å². The lowest BCUT2D eigenvalue weighted by atomic mass is 10.0. The van der Waals surface area contributed by atoms with Crippen LogP contribution in [0.15, 0.2) is 108 Å². The highest BCUT2D eigenvalue weighted by molar-refractivity contribution is 6.33. The first-order chi connectivity index (χ1) is 18.5. The van der Waals surface area contributed by atoms with E-state index in [9.17, 15) is 9.59 Å². The topological polar surface area (TPSA) is 77.0 Å². The van der Waals surface area contributed by atoms with Crippen LogP contribution < -0.4 is 14.9 Å². The molecular formula is C31H23ClN2O4. The third-order valence-corrected chi connectivity index (χ3v) is 6.35. The SMILES string of the molecule is CC(Oc1cccc2ccccc12)C(=O)N/N=C/c1c(OC(=O)c2ccccc2Cl)ccc2ccccc12. The number of benzene rings is 5. The lowest BCUT2D eigenvalue weighted by Gasteiger charge is -2.15. The molecule has 1 amide bonds. The summed E-state index contributed by atoms with van der Waals surface area (Å²) in [5.74, 6) is -0.130. The predicted molar refractivity (Wildman–Crippen MR) is 150 cm³/mol. The Morgan fingerprint density at radius 1 is 0.789 bits per heavy atom. The molecule has 5 aromatic rings. The van der Waals surface area contributed by atoms with Crippen LogP contribution in [0.5, 0.6) is 11.5 Å². The van der Waals surface area contributed by atoms with Gasteiger partial charge < -0.3 is 9.47 Å². The van der Waals surface area contributed by atoms with Crippen molar-refractivity contribution in [2.45, 2.75) is 13.0 Å². The van der Waals surface area contributed by atoms with Crippen LogP contribution >= 0.6 is 11.6 Å². The lowest BCUT2D eigenvalue weighted by Crippen LogP contribution is -2.33. The summed E-state index contributed by atoms with van der Waals surface area (Å²) >= 11 is 6.17. The molecule has 1 unspecified atom stereocenters. The van der Waals surface area contributed by atoms with E-state index in [1.165, 1.54) is 6.21 Å². The molecule has 0 aliphatic heterocycles. The summed E-state index contributed by atoms with van der Waals surface area (Å²) in [6.07, 6.45) is 0.656. The van der Waals surface area contributed by atoms with Gasteiger partial charge in [-0.15, -0.1) is 0 Å². The summed E-state index contributed by atoms with van der Waals surface area (Å²) in [6.45, 7) is 1.65. The lowest BCUT2D eigenvalue weighted by molar-refractivity contribution is -0.127. The normalized spacial score (nSPS) is 11.9. The molecule has 0 aromatic heterocycles. The number of rotatable bonds is 7. The maximum absolute atomic E-state index is 12.8. The number of nitrogens with zero attached hydrogens (tertiary/aromatic N) is 1. The molecule has 188 valence electrons. The van der Waals surface area contributed by atoms with E-state index in [-0.39, 0.29) is 11.3 Å². The molecular weight excluding hydrogens is 500 g/mol. The Morgan fingerprint density at radius 3 is 2.24 bits per heavy atom. The molecule has 1 N–H and O–H groups in total. The van der Waals surface area contributed by atoms with Gasteiger partial charge in [0.05, 0.1) is 16.8 Å². The first kappa shape index (κ1) is 25.0. The largest absolute Gasteiger partial charge is 0.480 e. The van der Waals surface area contributed by atoms with Crippen LogP contribution in [0.4, 0.5) is 0 Å². The zero-order chi connectivity index (χ0) is 26.5. The number of hydrogen-bond donors (Lipinski definition) is 1. The van der Waals surface area contributed by atoms with E-state index in [1.807, 2.05) is 72.8 Å². The van der Waals surface area contributed by atoms with Crippen molar-refractivity contribution in [1.29, 1.82) is 0 Å². The average Bonchev–Trinajstić information content (AvgIpc) is 2.94. The number of hydrazone groups is 1. The number of amides is 1. The summed E-state index contributed by atoms with van der Waals surface area (Å²) in [7, 11) is 0. The van der Waals surface area contributed by atoms with E-state index in [4.69, 9.17) is 21.1 Å². The van der Waals surface area contributed by atoms with Crippen molar-refractivity contribution in [2.75, 3.05) is 0 Å². The maximum atomic E-state index is 12.8. The first-order valence-electron chi connectivity index (χ1n) is 12.0. The Labute approximate surface area is 224 Å². The highest BCUT2D eigenvalue weighted by atomic mass is 35.5. The number of nitrogens with one attached hydrogen (secondary N) is 1. The van der Waals surface area contributed by atoms with Crippen molar-refractivity contribution in [1.82, 2.24) is 5.43 Å². The van der Waals surface area contributed by atoms with Gasteiger partial charge in [0.15, 0.2) is 6.10 Å². The standard InChI is InChI=1S/C31H23ClN2O4/c1-20(37-28-16-8-11-21-9-3-5-13-24(21)28)30(35)34-33-19-26-23-12-4-2-10-22(23)17-18-29(26)38-31(36)25-14-6-7-15-27(25)32/h2-20H,1H3,(H,34,35)/b33-19+. The highest BCUT2D eigenvalue weighted by Crippen LogP contribution is 2.29. The summed E-state index contributed by atoms with van der Waals surface area (Å²) in [5, 5.41) is 8.10. The van der Waals surface area contributed by atoms with Crippen molar-refractivity contribution >= 4 is 51.2 Å². The summed E-state index contributed by atoms with van der Waals surface area (Å²) in [5.41, 5.74) is 3.31. The molecule has 7 heteroatoms. The quantitative estimate of drug-likeness (QED) is 0.111. The van der Waals surface area contributed by atoms with Crippen molar-refractivity contribution in [2.24, 2.45) is 5.10 Å². The minimum absolute atomic E-state index is 0.248. The Morgan fingerprint density at radius 2 is 1.45 bits per heavy atom. The van der Waals surface area contributed by atoms with E-state index < -0.39 is 18.0 Å². The molecule has 0 bridgehead atoms. The van der Waals surface area contributed by atoms with E-state index >= 15 is 0 Å². The average molecular weight is 523 g/mol. The van der Waals surface area contributed by atoms with E-state index in [0.717, 1.165) is 21.5 Å². The van der Waals surface area contributed by atoms with Crippen LogP contribution in [0.25, 0.3) is 21.5 Å². The molecule has 6 nitrogen and oxygen atoms in total. The number of carbonyl (C=O) groups excluding carboxylic acids is 2. The van der Waals surface area contributed by atoms with Gasteiger partial charge in [0, 0.05) is 10.9 Å². The fourth-order valence-corrected chi connectivity index (χ4v) is 4.29. The Kier molecular flexibility index (Phi) is 7.33. The Bertz CT molecular complexity index is 1680. The Balaban J connectivity index is 1.36. The van der Waals surface area contributed by atoms with Crippen LogP contribution in [-0.4, -0.2) is 24.2 Å². The number of ether oxygens (including phenoxy) is 2. The molecule has 0 heterocycles. The van der Waals surface area contributed by atoms with Crippen LogP contribution in [0, 0.1) is 0 Å². The minimum Gasteiger partial charge on any atom is -0.480 e. The minimum atomic E-state index is -0.803. The zero-order valence-corrected chi connectivity index (χ0v) is 21.2. The summed E-state index contributed by atoms with van der Waals surface area (Å²) < 4.78 is 11.6. The van der Waals surface area contributed by atoms with Crippen LogP contribution in [-0.2, 0) is 4.79 Å². The first-order valence-corrected chi connectivity index (χ1v) is 12.3. The number of hydrogen-bond acceptors (Lipinski definition) is 5. The van der Waals surface area contributed by atoms with Crippen LogP contribution in [0.1, 0.15) is 22.8 Å². The molecule has 0 saturated heterocycles. The van der Waals surface area contributed by atoms with Crippen LogP contribution in [0.3, 0.4) is 0 Å². The van der Waals surface area contributed by atoms with Crippen LogP contribution in [0.2, 0.25) is 5.02 Å². The third kappa shape index (κ3) is 5.36. The van der Waals surface area contributed by atoms with Gasteiger partial charge in [-0.25, -0.2) is 10.2 Å². The molecule has 38 heavy (non-hydrogen) atoms. The molecule has 0 saturated carbocycles. The molecule has 0 aliphatic carbocycles. The number of carbonyl (C=O) groups is 2. The second-order valence-corrected chi connectivity index (χ2v) is 8.95. The second kappa shape index (κ2) is 11.2. The van der Waals surface area contributed by atoms with Gasteiger partial charge in [-0.3, -0.25) is 4.79 Å². The second-order valence-electron chi connectivity index (χ2n) is 8.54. The Hall–Kier alpha value is -4.68. The molecule has 5 rings (SSSR count). The third-order valence-electron chi connectivity index (χ3n) is 6.02. The zero-order valence-electron chi connectivity index (χ0n) is 20.4. The van der Waals surface area contributed by atoms with Crippen molar-refractivity contribution in [3.63, 3.8) is 0 Å². The highest BCUT2D eigenvalue weighted by Gasteiger charge is 2.17. The number of halogens is 1. The van der Waals surface area contributed by atoms with Gasteiger partial charge in [-0.2, -0.15) is 5.10 Å². The fraction of sp³-hybridized carbons (Fsp3) is 0.0645. The van der Waals surface area contributed by atoms with Crippen molar-refractivity contribution in [3.05, 3.63) is 119 Å². The molecule has 1 atom stereocenters. The molecule has 0 aliphatic rings. The van der Waals surface area contributed by atoms with Gasteiger partial charge in [0.1, 0.15) is 11.5 Å². The maximum Gasteiger partial charge on any atom is 0.345 e. The van der Waals surface area contributed by atoms with E-state index in [1.54, 1.807) is 37.3 Å². The monoisotopic (exact) mass is 522 g/mol. The van der Waals surface area contributed by atoms with Gasteiger partial charge >= 0.3 is 5.97 Å². The van der Waals surface area contributed by atoms with Gasteiger partial charge in [0.2, 0.25) is 0 Å². The smallest absolute Gasteiger partial charge is 0.345 e.